The molecule has 0 aliphatic rings. The van der Waals surface area contributed by atoms with Gasteiger partial charge in [0.15, 0.2) is 11.6 Å². The number of carbonyl (C=O) groups is 2. The number of amides is 1. The van der Waals surface area contributed by atoms with Crippen molar-refractivity contribution in [3.05, 3.63) is 107 Å². The molecule has 1 amide bonds. The van der Waals surface area contributed by atoms with Gasteiger partial charge >= 0.3 is 0 Å². The first kappa shape index (κ1) is 20.2. The molecule has 6 nitrogen and oxygen atoms in total. The predicted octanol–water partition coefficient (Wildman–Crippen LogP) is 4.51. The van der Waals surface area contributed by atoms with Crippen LogP contribution in [-0.2, 0) is 0 Å². The Morgan fingerprint density at radius 2 is 1.71 bits per heavy atom. The van der Waals surface area contributed by atoms with E-state index in [1.807, 2.05) is 26.0 Å². The van der Waals surface area contributed by atoms with Gasteiger partial charge in [-0.05, 0) is 55.3 Å². The fourth-order valence-electron chi connectivity index (χ4n) is 3.22. The minimum Gasteiger partial charge on any atom is -0.322 e. The first-order valence-corrected chi connectivity index (χ1v) is 9.61. The number of carbonyl (C=O) groups excluding carboxylic acids is 2. The van der Waals surface area contributed by atoms with Crippen molar-refractivity contribution in [3.63, 3.8) is 0 Å². The molecule has 0 unspecified atom stereocenters. The molecule has 0 spiro atoms. The van der Waals surface area contributed by atoms with Crippen molar-refractivity contribution in [2.45, 2.75) is 13.8 Å². The van der Waals surface area contributed by atoms with Gasteiger partial charge in [0.2, 0.25) is 0 Å². The highest BCUT2D eigenvalue weighted by Crippen LogP contribution is 2.21. The van der Waals surface area contributed by atoms with Crippen molar-refractivity contribution >= 4 is 17.4 Å². The van der Waals surface area contributed by atoms with Crippen molar-refractivity contribution < 1.29 is 14.0 Å². The lowest BCUT2D eigenvalue weighted by molar-refractivity contribution is 0.0996. The zero-order valence-electron chi connectivity index (χ0n) is 17.0. The first-order chi connectivity index (χ1) is 14.9. The van der Waals surface area contributed by atoms with Crippen LogP contribution in [-0.4, -0.2) is 26.5 Å². The van der Waals surface area contributed by atoms with Crippen molar-refractivity contribution in [1.82, 2.24) is 14.8 Å². The van der Waals surface area contributed by atoms with Crippen LogP contribution in [0, 0.1) is 19.7 Å². The standard InChI is InChI=1S/C24H19FN4O2/c1-15-7-8-17(11-16(15)2)23(30)19-5-3-4-6-20(19)24(31)28-18-9-10-22(21(25)12-18)29-14-26-13-27-29/h3-14H,1-2H3,(H,28,31). The van der Waals surface area contributed by atoms with E-state index in [1.54, 1.807) is 36.4 Å². The summed E-state index contributed by atoms with van der Waals surface area (Å²) in [6.45, 7) is 3.90. The van der Waals surface area contributed by atoms with Crippen LogP contribution in [0.1, 0.15) is 37.4 Å². The molecule has 154 valence electrons. The number of hydrogen-bond donors (Lipinski definition) is 1. The van der Waals surface area contributed by atoms with Crippen molar-refractivity contribution in [2.75, 3.05) is 5.32 Å². The van der Waals surface area contributed by atoms with Gasteiger partial charge in [-0.2, -0.15) is 5.10 Å². The normalized spacial score (nSPS) is 10.7. The molecule has 0 saturated heterocycles. The Hall–Kier alpha value is -4.13. The second-order valence-electron chi connectivity index (χ2n) is 7.13. The maximum absolute atomic E-state index is 14.5. The number of nitrogens with zero attached hydrogens (tertiary/aromatic N) is 3. The van der Waals surface area contributed by atoms with E-state index in [0.717, 1.165) is 11.1 Å². The fraction of sp³-hybridized carbons (Fsp3) is 0.0833. The van der Waals surface area contributed by atoms with Crippen LogP contribution in [0.3, 0.4) is 0 Å². The number of aromatic nitrogens is 3. The molecule has 4 aromatic rings. The molecule has 3 aromatic carbocycles. The summed E-state index contributed by atoms with van der Waals surface area (Å²) >= 11 is 0. The van der Waals surface area contributed by atoms with Gasteiger partial charge in [0.1, 0.15) is 18.3 Å². The number of rotatable bonds is 5. The number of halogens is 1. The molecule has 31 heavy (non-hydrogen) atoms. The molecule has 0 atom stereocenters. The van der Waals surface area contributed by atoms with Gasteiger partial charge in [-0.25, -0.2) is 14.1 Å². The van der Waals surface area contributed by atoms with E-state index in [4.69, 9.17) is 0 Å². The van der Waals surface area contributed by atoms with Crippen molar-refractivity contribution in [1.29, 1.82) is 0 Å². The first-order valence-electron chi connectivity index (χ1n) is 9.61. The van der Waals surface area contributed by atoms with Gasteiger partial charge in [-0.3, -0.25) is 9.59 Å². The number of nitrogens with one attached hydrogen (secondary N) is 1. The van der Waals surface area contributed by atoms with Crippen LogP contribution in [0.5, 0.6) is 0 Å². The summed E-state index contributed by atoms with van der Waals surface area (Å²) in [5.74, 6) is -1.31. The summed E-state index contributed by atoms with van der Waals surface area (Å²) in [5, 5.41) is 6.56. The van der Waals surface area contributed by atoms with Crippen LogP contribution < -0.4 is 5.32 Å². The number of aryl methyl sites for hydroxylation is 2. The molecular formula is C24H19FN4O2. The van der Waals surface area contributed by atoms with Gasteiger partial charge in [0.05, 0.1) is 5.56 Å². The summed E-state index contributed by atoms with van der Waals surface area (Å²) in [4.78, 5) is 29.8. The minimum atomic E-state index is -0.567. The quantitative estimate of drug-likeness (QED) is 0.488. The van der Waals surface area contributed by atoms with Crippen LogP contribution in [0.15, 0.2) is 73.3 Å². The Balaban J connectivity index is 1.60. The Labute approximate surface area is 178 Å². The third kappa shape index (κ3) is 4.11. The fourth-order valence-corrected chi connectivity index (χ4v) is 3.22. The number of benzene rings is 3. The molecule has 1 aromatic heterocycles. The monoisotopic (exact) mass is 414 g/mol. The average Bonchev–Trinajstić information content (AvgIpc) is 3.30. The van der Waals surface area contributed by atoms with Crippen LogP contribution >= 0.6 is 0 Å². The summed E-state index contributed by atoms with van der Waals surface area (Å²) in [6.07, 6.45) is 2.68. The number of anilines is 1. The highest BCUT2D eigenvalue weighted by molar-refractivity contribution is 6.17. The second-order valence-corrected chi connectivity index (χ2v) is 7.13. The largest absolute Gasteiger partial charge is 0.322 e. The Bertz CT molecular complexity index is 1280. The van der Waals surface area contributed by atoms with Crippen molar-refractivity contribution in [2.24, 2.45) is 0 Å². The van der Waals surface area contributed by atoms with Gasteiger partial charge in [-0.1, -0.05) is 30.3 Å². The third-order valence-corrected chi connectivity index (χ3v) is 5.06. The SMILES string of the molecule is Cc1ccc(C(=O)c2ccccc2C(=O)Nc2ccc(-n3cncn3)c(F)c2)cc1C. The Morgan fingerprint density at radius 1 is 0.935 bits per heavy atom. The summed E-state index contributed by atoms with van der Waals surface area (Å²) in [5.41, 5.74) is 3.55. The van der Waals surface area contributed by atoms with E-state index in [2.05, 4.69) is 15.4 Å². The average molecular weight is 414 g/mol. The van der Waals surface area contributed by atoms with E-state index < -0.39 is 11.7 Å². The Morgan fingerprint density at radius 3 is 2.39 bits per heavy atom. The summed E-state index contributed by atoms with van der Waals surface area (Å²) < 4.78 is 15.8. The molecule has 4 rings (SSSR count). The molecule has 0 bridgehead atoms. The molecule has 0 aliphatic carbocycles. The number of ketones is 1. The predicted molar refractivity (Wildman–Crippen MR) is 115 cm³/mol. The zero-order chi connectivity index (χ0) is 22.0. The molecule has 0 saturated carbocycles. The zero-order valence-corrected chi connectivity index (χ0v) is 17.0. The molecule has 0 radical (unpaired) electrons. The van der Waals surface area contributed by atoms with E-state index in [1.165, 1.54) is 29.5 Å². The van der Waals surface area contributed by atoms with E-state index in [-0.39, 0.29) is 28.3 Å². The van der Waals surface area contributed by atoms with Gasteiger partial charge < -0.3 is 5.32 Å². The highest BCUT2D eigenvalue weighted by atomic mass is 19.1. The minimum absolute atomic E-state index is 0.209. The van der Waals surface area contributed by atoms with Gasteiger partial charge in [0.25, 0.3) is 5.91 Å². The molecule has 1 heterocycles. The highest BCUT2D eigenvalue weighted by Gasteiger charge is 2.19. The molecule has 1 N–H and O–H groups in total. The maximum atomic E-state index is 14.5. The molecular weight excluding hydrogens is 395 g/mol. The number of hydrogen-bond acceptors (Lipinski definition) is 4. The molecule has 7 heteroatoms. The lowest BCUT2D eigenvalue weighted by atomic mass is 9.95. The smallest absolute Gasteiger partial charge is 0.256 e. The van der Waals surface area contributed by atoms with Crippen molar-refractivity contribution in [3.8, 4) is 5.69 Å². The van der Waals surface area contributed by atoms with E-state index in [0.29, 0.717) is 5.56 Å². The second kappa shape index (κ2) is 8.31. The van der Waals surface area contributed by atoms with E-state index in [9.17, 15) is 14.0 Å². The summed E-state index contributed by atoms with van der Waals surface area (Å²) in [6, 6.07) is 16.3. The van der Waals surface area contributed by atoms with Gasteiger partial charge in [0, 0.05) is 16.8 Å². The van der Waals surface area contributed by atoms with E-state index >= 15 is 0 Å². The summed E-state index contributed by atoms with van der Waals surface area (Å²) in [7, 11) is 0. The van der Waals surface area contributed by atoms with Crippen LogP contribution in [0.25, 0.3) is 5.69 Å². The van der Waals surface area contributed by atoms with Crippen LogP contribution in [0.2, 0.25) is 0 Å². The Kier molecular flexibility index (Phi) is 5.41. The van der Waals surface area contributed by atoms with Crippen LogP contribution in [0.4, 0.5) is 10.1 Å². The third-order valence-electron chi connectivity index (χ3n) is 5.06. The lowest BCUT2D eigenvalue weighted by Gasteiger charge is -2.11. The lowest BCUT2D eigenvalue weighted by Crippen LogP contribution is -2.17. The molecule has 0 fully saturated rings. The molecule has 0 aliphatic heterocycles. The maximum Gasteiger partial charge on any atom is 0.256 e. The topological polar surface area (TPSA) is 76.9 Å². The van der Waals surface area contributed by atoms with Gasteiger partial charge in [-0.15, -0.1) is 0 Å².